The lowest BCUT2D eigenvalue weighted by atomic mass is 10.2. The van der Waals surface area contributed by atoms with E-state index in [1.54, 1.807) is 20.8 Å². The molecule has 0 saturated carbocycles. The third-order valence-electron chi connectivity index (χ3n) is 2.08. The largest absolute Gasteiger partial charge is 0.463 e. The first-order valence-electron chi connectivity index (χ1n) is 6.34. The van der Waals surface area contributed by atoms with Crippen molar-refractivity contribution in [3.8, 4) is 0 Å². The van der Waals surface area contributed by atoms with Gasteiger partial charge in [-0.1, -0.05) is 18.7 Å². The monoisotopic (exact) mass is 289 g/mol. The number of ether oxygens (including phenoxy) is 1. The lowest BCUT2D eigenvalue weighted by molar-refractivity contribution is -0.148. The molecule has 0 aromatic heterocycles. The van der Waals surface area contributed by atoms with Crippen molar-refractivity contribution in [2.24, 2.45) is 0 Å². The molecule has 0 atom stereocenters. The van der Waals surface area contributed by atoms with Crippen LogP contribution in [0.5, 0.6) is 0 Å². The molecule has 6 heteroatoms. The van der Waals surface area contributed by atoms with E-state index in [0.717, 1.165) is 11.8 Å². The SMILES string of the molecule is CCC(=O)NCC(C)(C)SC(=O)CC(=O)OC(C)C. The lowest BCUT2D eigenvalue weighted by Crippen LogP contribution is -2.36. The first kappa shape index (κ1) is 18.0. The molecular formula is C13H23NO4S. The van der Waals surface area contributed by atoms with Crippen LogP contribution >= 0.6 is 11.8 Å². The third-order valence-corrected chi connectivity index (χ3v) is 3.15. The van der Waals surface area contributed by atoms with Gasteiger partial charge in [0.05, 0.1) is 6.10 Å². The van der Waals surface area contributed by atoms with E-state index in [9.17, 15) is 14.4 Å². The molecule has 0 aromatic rings. The Balaban J connectivity index is 4.15. The average Bonchev–Trinajstić information content (AvgIpc) is 2.23. The summed E-state index contributed by atoms with van der Waals surface area (Å²) in [6.45, 7) is 9.32. The minimum atomic E-state index is -0.513. The smallest absolute Gasteiger partial charge is 0.314 e. The highest BCUT2D eigenvalue weighted by molar-refractivity contribution is 8.14. The Morgan fingerprint density at radius 3 is 2.32 bits per heavy atom. The van der Waals surface area contributed by atoms with Crippen molar-refractivity contribution in [3.63, 3.8) is 0 Å². The van der Waals surface area contributed by atoms with Gasteiger partial charge in [-0.05, 0) is 27.7 Å². The zero-order valence-corrected chi connectivity index (χ0v) is 13.1. The van der Waals surface area contributed by atoms with Gasteiger partial charge in [0.2, 0.25) is 11.0 Å². The molecule has 0 aliphatic carbocycles. The van der Waals surface area contributed by atoms with Crippen LogP contribution in [-0.2, 0) is 19.1 Å². The molecule has 0 fully saturated rings. The van der Waals surface area contributed by atoms with Gasteiger partial charge in [0.25, 0.3) is 0 Å². The summed E-state index contributed by atoms with van der Waals surface area (Å²) in [5.41, 5.74) is 0. The minimum Gasteiger partial charge on any atom is -0.463 e. The maximum absolute atomic E-state index is 11.7. The molecule has 0 heterocycles. The predicted octanol–water partition coefficient (Wildman–Crippen LogP) is 1.89. The van der Waals surface area contributed by atoms with E-state index in [0.29, 0.717) is 13.0 Å². The fourth-order valence-corrected chi connectivity index (χ4v) is 2.19. The Hall–Kier alpha value is -1.04. The van der Waals surface area contributed by atoms with Crippen molar-refractivity contribution in [2.45, 2.75) is 58.3 Å². The zero-order valence-electron chi connectivity index (χ0n) is 12.2. The Labute approximate surface area is 118 Å². The van der Waals surface area contributed by atoms with Crippen molar-refractivity contribution in [2.75, 3.05) is 6.54 Å². The minimum absolute atomic E-state index is 0.0552. The lowest BCUT2D eigenvalue weighted by Gasteiger charge is -2.23. The van der Waals surface area contributed by atoms with Gasteiger partial charge in [-0.15, -0.1) is 0 Å². The highest BCUT2D eigenvalue weighted by atomic mass is 32.2. The van der Waals surface area contributed by atoms with Crippen LogP contribution in [0.2, 0.25) is 0 Å². The van der Waals surface area contributed by atoms with E-state index in [2.05, 4.69) is 5.32 Å². The van der Waals surface area contributed by atoms with Crippen LogP contribution in [0.3, 0.4) is 0 Å². The van der Waals surface area contributed by atoms with Crippen LogP contribution in [0.1, 0.15) is 47.5 Å². The molecule has 0 aromatic carbocycles. The van der Waals surface area contributed by atoms with Gasteiger partial charge in [0.1, 0.15) is 6.42 Å². The standard InChI is InChI=1S/C13H23NO4S/c1-6-10(15)14-8-13(4,5)19-12(17)7-11(16)18-9(2)3/h9H,6-8H2,1-5H3,(H,14,15). The van der Waals surface area contributed by atoms with Crippen LogP contribution in [0, 0.1) is 0 Å². The first-order valence-corrected chi connectivity index (χ1v) is 7.16. The van der Waals surface area contributed by atoms with Gasteiger partial charge < -0.3 is 10.1 Å². The molecule has 1 amide bonds. The molecule has 0 radical (unpaired) electrons. The van der Waals surface area contributed by atoms with Crippen molar-refractivity contribution in [3.05, 3.63) is 0 Å². The summed E-state index contributed by atoms with van der Waals surface area (Å²) in [5.74, 6) is -0.568. The molecule has 0 saturated heterocycles. The summed E-state index contributed by atoms with van der Waals surface area (Å²) in [6, 6.07) is 0. The number of carbonyl (C=O) groups is 3. The summed E-state index contributed by atoms with van der Waals surface area (Å²) in [6.07, 6.45) is -0.0502. The number of carbonyl (C=O) groups excluding carboxylic acids is 3. The zero-order chi connectivity index (χ0) is 15.1. The van der Waals surface area contributed by atoms with Gasteiger partial charge in [0.15, 0.2) is 0 Å². The molecule has 0 aliphatic heterocycles. The summed E-state index contributed by atoms with van der Waals surface area (Å²) < 4.78 is 4.46. The first-order chi connectivity index (χ1) is 8.66. The van der Waals surface area contributed by atoms with Crippen LogP contribution < -0.4 is 5.32 Å². The van der Waals surface area contributed by atoms with Crippen molar-refractivity contribution in [1.82, 2.24) is 5.32 Å². The Morgan fingerprint density at radius 1 is 1.26 bits per heavy atom. The van der Waals surface area contributed by atoms with Gasteiger partial charge in [-0.2, -0.15) is 0 Å². The summed E-state index contributed by atoms with van der Waals surface area (Å²) >= 11 is 1.06. The molecule has 0 spiro atoms. The highest BCUT2D eigenvalue weighted by Gasteiger charge is 2.25. The molecular weight excluding hydrogens is 266 g/mol. The summed E-state index contributed by atoms with van der Waals surface area (Å²) in [4.78, 5) is 34.2. The van der Waals surface area contributed by atoms with Gasteiger partial charge in [-0.3, -0.25) is 14.4 Å². The van der Waals surface area contributed by atoms with E-state index in [1.807, 2.05) is 13.8 Å². The number of nitrogens with one attached hydrogen (secondary N) is 1. The van der Waals surface area contributed by atoms with E-state index >= 15 is 0 Å². The van der Waals surface area contributed by atoms with E-state index < -0.39 is 10.7 Å². The molecule has 110 valence electrons. The molecule has 0 bridgehead atoms. The Bertz CT molecular complexity index is 340. The van der Waals surface area contributed by atoms with Crippen molar-refractivity contribution in [1.29, 1.82) is 0 Å². The maximum atomic E-state index is 11.7. The quantitative estimate of drug-likeness (QED) is 0.572. The predicted molar refractivity (Wildman–Crippen MR) is 75.8 cm³/mol. The number of esters is 1. The normalized spacial score (nSPS) is 11.3. The van der Waals surface area contributed by atoms with Gasteiger partial charge >= 0.3 is 5.97 Å². The molecule has 0 unspecified atom stereocenters. The maximum Gasteiger partial charge on any atom is 0.314 e. The Kier molecular flexibility index (Phi) is 7.75. The second-order valence-corrected chi connectivity index (χ2v) is 6.84. The van der Waals surface area contributed by atoms with Crippen molar-refractivity contribution >= 4 is 28.8 Å². The second kappa shape index (κ2) is 8.19. The van der Waals surface area contributed by atoms with E-state index in [1.165, 1.54) is 0 Å². The molecule has 0 aliphatic rings. The second-order valence-electron chi connectivity index (χ2n) is 5.08. The summed E-state index contributed by atoms with van der Waals surface area (Å²) in [7, 11) is 0. The Morgan fingerprint density at radius 2 is 1.84 bits per heavy atom. The van der Waals surface area contributed by atoms with Gasteiger partial charge in [-0.25, -0.2) is 0 Å². The molecule has 1 N–H and O–H groups in total. The average molecular weight is 289 g/mol. The number of amides is 1. The third kappa shape index (κ3) is 9.53. The molecule has 5 nitrogen and oxygen atoms in total. The molecule has 0 rings (SSSR count). The van der Waals surface area contributed by atoms with E-state index in [-0.39, 0.29) is 23.5 Å². The van der Waals surface area contributed by atoms with Crippen molar-refractivity contribution < 1.29 is 19.1 Å². The number of thioether (sulfide) groups is 1. The van der Waals surface area contributed by atoms with Gasteiger partial charge in [0, 0.05) is 17.7 Å². The number of hydrogen-bond donors (Lipinski definition) is 1. The number of rotatable bonds is 7. The fourth-order valence-electron chi connectivity index (χ4n) is 1.24. The highest BCUT2D eigenvalue weighted by Crippen LogP contribution is 2.25. The fraction of sp³-hybridized carbons (Fsp3) is 0.769. The van der Waals surface area contributed by atoms with Crippen LogP contribution in [-0.4, -0.2) is 34.4 Å². The van der Waals surface area contributed by atoms with E-state index in [4.69, 9.17) is 4.74 Å². The van der Waals surface area contributed by atoms with Crippen LogP contribution in [0.25, 0.3) is 0 Å². The molecule has 19 heavy (non-hydrogen) atoms. The van der Waals surface area contributed by atoms with Crippen LogP contribution in [0.4, 0.5) is 0 Å². The topological polar surface area (TPSA) is 72.5 Å². The summed E-state index contributed by atoms with van der Waals surface area (Å²) in [5, 5.41) is 2.49. The van der Waals surface area contributed by atoms with Crippen LogP contribution in [0.15, 0.2) is 0 Å². The number of hydrogen-bond acceptors (Lipinski definition) is 5.